The van der Waals surface area contributed by atoms with Crippen LogP contribution in [0.1, 0.15) is 11.1 Å². The molecule has 1 N–H and O–H groups in total. The van der Waals surface area contributed by atoms with Crippen LogP contribution in [-0.2, 0) is 11.2 Å². The molecule has 0 aromatic heterocycles. The summed E-state index contributed by atoms with van der Waals surface area (Å²) in [6.07, 6.45) is 1.75. The second kappa shape index (κ2) is 8.90. The van der Waals surface area contributed by atoms with E-state index in [9.17, 15) is 4.79 Å². The largest absolute Gasteiger partial charge is 0.493 e. The highest BCUT2D eigenvalue weighted by atomic mass is 16.5. The fourth-order valence-electron chi connectivity index (χ4n) is 3.06. The van der Waals surface area contributed by atoms with E-state index in [1.54, 1.807) is 19.2 Å². The fraction of sp³-hybridized carbons (Fsp3) is 0.182. The fourth-order valence-corrected chi connectivity index (χ4v) is 3.06. The molecule has 0 spiro atoms. The van der Waals surface area contributed by atoms with Crippen LogP contribution in [-0.4, -0.2) is 33.5 Å². The SMILES string of the molecule is COc1ccc(C=NNC(=O)Cc2cccc3ccccc23)c(OC)c1OC. The Bertz CT molecular complexity index is 1010. The molecule has 1 amide bonds. The van der Waals surface area contributed by atoms with Crippen LogP contribution >= 0.6 is 0 Å². The molecule has 28 heavy (non-hydrogen) atoms. The maximum atomic E-state index is 12.3. The highest BCUT2D eigenvalue weighted by molar-refractivity contribution is 5.91. The lowest BCUT2D eigenvalue weighted by atomic mass is 10.0. The number of amides is 1. The van der Waals surface area contributed by atoms with Gasteiger partial charge in [-0.25, -0.2) is 5.43 Å². The van der Waals surface area contributed by atoms with Gasteiger partial charge in [0.1, 0.15) is 0 Å². The van der Waals surface area contributed by atoms with Crippen molar-refractivity contribution in [2.24, 2.45) is 5.10 Å². The van der Waals surface area contributed by atoms with Crippen molar-refractivity contribution < 1.29 is 19.0 Å². The van der Waals surface area contributed by atoms with Crippen molar-refractivity contribution in [3.05, 3.63) is 65.7 Å². The number of ether oxygens (including phenoxy) is 3. The molecule has 0 radical (unpaired) electrons. The van der Waals surface area contributed by atoms with E-state index in [-0.39, 0.29) is 12.3 Å². The van der Waals surface area contributed by atoms with Crippen molar-refractivity contribution in [2.75, 3.05) is 21.3 Å². The second-order valence-electron chi connectivity index (χ2n) is 6.03. The van der Waals surface area contributed by atoms with E-state index in [4.69, 9.17) is 14.2 Å². The number of rotatable bonds is 7. The molecule has 3 aromatic carbocycles. The predicted octanol–water partition coefficient (Wildman–Crippen LogP) is 3.56. The number of carbonyl (C=O) groups is 1. The standard InChI is InChI=1S/C22H22N2O4/c1-26-19-12-11-17(21(27-2)22(19)28-3)14-23-24-20(25)13-16-9-6-8-15-7-4-5-10-18(15)16/h4-12,14H,13H2,1-3H3,(H,24,25). The molecule has 3 aromatic rings. The minimum absolute atomic E-state index is 0.202. The smallest absolute Gasteiger partial charge is 0.244 e. The molecule has 0 fully saturated rings. The first-order chi connectivity index (χ1) is 13.7. The first kappa shape index (κ1) is 19.2. The molecular formula is C22H22N2O4. The number of hydrazone groups is 1. The Balaban J connectivity index is 1.73. The monoisotopic (exact) mass is 378 g/mol. The molecule has 6 nitrogen and oxygen atoms in total. The number of benzene rings is 3. The summed E-state index contributed by atoms with van der Waals surface area (Å²) in [7, 11) is 4.62. The van der Waals surface area contributed by atoms with Gasteiger partial charge in [0, 0.05) is 5.56 Å². The molecule has 0 saturated heterocycles. The maximum Gasteiger partial charge on any atom is 0.244 e. The minimum atomic E-state index is -0.202. The van der Waals surface area contributed by atoms with Crippen LogP contribution in [0.15, 0.2) is 59.7 Å². The van der Waals surface area contributed by atoms with Crippen LogP contribution in [0.2, 0.25) is 0 Å². The van der Waals surface area contributed by atoms with Crippen LogP contribution in [0.25, 0.3) is 10.8 Å². The number of hydrogen-bond donors (Lipinski definition) is 1. The summed E-state index contributed by atoms with van der Waals surface area (Å²) in [5, 5.41) is 6.22. The Hall–Kier alpha value is -3.54. The summed E-state index contributed by atoms with van der Waals surface area (Å²) in [6.45, 7) is 0. The zero-order chi connectivity index (χ0) is 19.9. The molecule has 0 bridgehead atoms. The molecule has 144 valence electrons. The zero-order valence-electron chi connectivity index (χ0n) is 16.1. The molecule has 6 heteroatoms. The van der Waals surface area contributed by atoms with Crippen LogP contribution in [0, 0.1) is 0 Å². The molecule has 0 saturated carbocycles. The zero-order valence-corrected chi connectivity index (χ0v) is 16.1. The first-order valence-corrected chi connectivity index (χ1v) is 8.75. The summed E-state index contributed by atoms with van der Waals surface area (Å²) in [4.78, 5) is 12.3. The van der Waals surface area contributed by atoms with Crippen molar-refractivity contribution in [1.82, 2.24) is 5.43 Å². The lowest BCUT2D eigenvalue weighted by Gasteiger charge is -2.13. The lowest BCUT2D eigenvalue weighted by Crippen LogP contribution is -2.20. The van der Waals surface area contributed by atoms with Crippen LogP contribution in [0.5, 0.6) is 17.2 Å². The van der Waals surface area contributed by atoms with Gasteiger partial charge in [0.25, 0.3) is 0 Å². The van der Waals surface area contributed by atoms with E-state index < -0.39 is 0 Å². The molecule has 3 rings (SSSR count). The number of nitrogens with zero attached hydrogens (tertiary/aromatic N) is 1. The van der Waals surface area contributed by atoms with Crippen molar-refractivity contribution in [3.63, 3.8) is 0 Å². The van der Waals surface area contributed by atoms with E-state index in [2.05, 4.69) is 10.5 Å². The van der Waals surface area contributed by atoms with E-state index in [0.29, 0.717) is 22.8 Å². The third kappa shape index (κ3) is 4.06. The minimum Gasteiger partial charge on any atom is -0.493 e. The van der Waals surface area contributed by atoms with E-state index in [1.807, 2.05) is 42.5 Å². The first-order valence-electron chi connectivity index (χ1n) is 8.75. The summed E-state index contributed by atoms with van der Waals surface area (Å²) < 4.78 is 16.0. The van der Waals surface area contributed by atoms with Gasteiger partial charge in [0.05, 0.1) is 34.0 Å². The molecule has 0 aliphatic rings. The van der Waals surface area contributed by atoms with Gasteiger partial charge in [-0.1, -0.05) is 42.5 Å². The van der Waals surface area contributed by atoms with Crippen molar-refractivity contribution >= 4 is 22.9 Å². The summed E-state index contributed by atoms with van der Waals surface area (Å²) in [5.41, 5.74) is 4.18. The molecule has 0 aliphatic carbocycles. The van der Waals surface area contributed by atoms with E-state index >= 15 is 0 Å². The third-order valence-corrected chi connectivity index (χ3v) is 4.36. The lowest BCUT2D eigenvalue weighted by molar-refractivity contribution is -0.120. The Kier molecular flexibility index (Phi) is 6.11. The van der Waals surface area contributed by atoms with E-state index in [0.717, 1.165) is 16.3 Å². The molecule has 0 aliphatic heterocycles. The Morgan fingerprint density at radius 1 is 0.929 bits per heavy atom. The second-order valence-corrected chi connectivity index (χ2v) is 6.03. The van der Waals surface area contributed by atoms with Gasteiger partial charge >= 0.3 is 0 Å². The van der Waals surface area contributed by atoms with Gasteiger partial charge in [-0.15, -0.1) is 0 Å². The van der Waals surface area contributed by atoms with Crippen molar-refractivity contribution in [2.45, 2.75) is 6.42 Å². The third-order valence-electron chi connectivity index (χ3n) is 4.36. The Morgan fingerprint density at radius 3 is 2.43 bits per heavy atom. The highest BCUT2D eigenvalue weighted by Crippen LogP contribution is 2.38. The highest BCUT2D eigenvalue weighted by Gasteiger charge is 2.14. The molecule has 0 heterocycles. The normalized spacial score (nSPS) is 10.8. The quantitative estimate of drug-likeness (QED) is 0.504. The van der Waals surface area contributed by atoms with Gasteiger partial charge in [0.15, 0.2) is 11.5 Å². The molecule has 0 atom stereocenters. The van der Waals surface area contributed by atoms with Gasteiger partial charge in [-0.05, 0) is 28.5 Å². The number of hydrogen-bond acceptors (Lipinski definition) is 5. The number of carbonyl (C=O) groups excluding carboxylic acids is 1. The maximum absolute atomic E-state index is 12.3. The summed E-state index contributed by atoms with van der Waals surface area (Å²) in [5.74, 6) is 1.30. The van der Waals surface area contributed by atoms with Crippen molar-refractivity contribution in [1.29, 1.82) is 0 Å². The van der Waals surface area contributed by atoms with E-state index in [1.165, 1.54) is 20.4 Å². The average Bonchev–Trinajstić information content (AvgIpc) is 2.73. The summed E-state index contributed by atoms with van der Waals surface area (Å²) >= 11 is 0. The number of fused-ring (bicyclic) bond motifs is 1. The summed E-state index contributed by atoms with van der Waals surface area (Å²) in [6, 6.07) is 17.4. The topological polar surface area (TPSA) is 69.2 Å². The van der Waals surface area contributed by atoms with Gasteiger partial charge < -0.3 is 14.2 Å². The Morgan fingerprint density at radius 2 is 1.68 bits per heavy atom. The van der Waals surface area contributed by atoms with Gasteiger partial charge in [0.2, 0.25) is 11.7 Å². The van der Waals surface area contributed by atoms with Crippen LogP contribution < -0.4 is 19.6 Å². The predicted molar refractivity (Wildman–Crippen MR) is 109 cm³/mol. The van der Waals surface area contributed by atoms with Gasteiger partial charge in [-0.2, -0.15) is 5.10 Å². The number of methoxy groups -OCH3 is 3. The van der Waals surface area contributed by atoms with Crippen LogP contribution in [0.4, 0.5) is 0 Å². The number of nitrogens with one attached hydrogen (secondary N) is 1. The van der Waals surface area contributed by atoms with Crippen molar-refractivity contribution in [3.8, 4) is 17.2 Å². The van der Waals surface area contributed by atoms with Crippen LogP contribution in [0.3, 0.4) is 0 Å². The molecule has 0 unspecified atom stereocenters. The average molecular weight is 378 g/mol. The Labute approximate surface area is 163 Å². The molecular weight excluding hydrogens is 356 g/mol. The van der Waals surface area contributed by atoms with Gasteiger partial charge in [-0.3, -0.25) is 4.79 Å².